The number of aromatic nitrogens is 2. The van der Waals surface area contributed by atoms with Crippen LogP contribution in [0.1, 0.15) is 31.0 Å². The highest BCUT2D eigenvalue weighted by Crippen LogP contribution is 2.21. The molecule has 3 heterocycles. The number of halogens is 2. The first kappa shape index (κ1) is 23.1. The Morgan fingerprint density at radius 3 is 2.65 bits per heavy atom. The van der Waals surface area contributed by atoms with Crippen LogP contribution in [0, 0.1) is 12.8 Å². The van der Waals surface area contributed by atoms with Crippen LogP contribution in [-0.2, 0) is 10.5 Å². The van der Waals surface area contributed by atoms with Crippen LogP contribution >= 0.6 is 36.6 Å². The maximum absolute atomic E-state index is 12.3. The maximum Gasteiger partial charge on any atom is 0.232 e. The molecule has 1 fully saturated rings. The number of carbonyl (C=O) groups excluding carboxylic acids is 1. The van der Waals surface area contributed by atoms with Gasteiger partial charge in [0, 0.05) is 37.3 Å². The number of likely N-dealkylation sites (tertiary alicyclic amines) is 1. The summed E-state index contributed by atoms with van der Waals surface area (Å²) in [4.78, 5) is 18.9. The number of imidazole rings is 1. The summed E-state index contributed by atoms with van der Waals surface area (Å²) in [5.41, 5.74) is 9.15. The Labute approximate surface area is 171 Å². The maximum atomic E-state index is 12.3. The summed E-state index contributed by atoms with van der Waals surface area (Å²) in [7, 11) is 0. The lowest BCUT2D eigenvalue weighted by Gasteiger charge is -2.33. The Kier molecular flexibility index (Phi) is 9.24. The number of piperidine rings is 1. The van der Waals surface area contributed by atoms with Gasteiger partial charge in [-0.05, 0) is 44.2 Å². The van der Waals surface area contributed by atoms with Crippen molar-refractivity contribution in [1.29, 1.82) is 0 Å². The van der Waals surface area contributed by atoms with Crippen LogP contribution < -0.4 is 5.73 Å². The Bertz CT molecular complexity index is 714. The van der Waals surface area contributed by atoms with Gasteiger partial charge in [-0.3, -0.25) is 4.79 Å². The molecule has 3 rings (SSSR count). The van der Waals surface area contributed by atoms with Gasteiger partial charge in [0.2, 0.25) is 5.91 Å². The van der Waals surface area contributed by atoms with E-state index in [9.17, 15) is 4.79 Å². The number of rotatable bonds is 5. The zero-order valence-electron chi connectivity index (χ0n) is 15.3. The number of fused-ring (bicyclic) bond motifs is 1. The van der Waals surface area contributed by atoms with E-state index in [4.69, 9.17) is 5.73 Å². The minimum atomic E-state index is 0. The van der Waals surface area contributed by atoms with Crippen molar-refractivity contribution in [1.82, 2.24) is 14.3 Å². The van der Waals surface area contributed by atoms with Gasteiger partial charge in [-0.25, -0.2) is 4.98 Å². The van der Waals surface area contributed by atoms with Crippen molar-refractivity contribution >= 4 is 48.1 Å². The van der Waals surface area contributed by atoms with Crippen LogP contribution in [0.3, 0.4) is 0 Å². The van der Waals surface area contributed by atoms with Gasteiger partial charge in [-0.15, -0.1) is 36.6 Å². The Morgan fingerprint density at radius 2 is 2.00 bits per heavy atom. The minimum absolute atomic E-state index is 0. The van der Waals surface area contributed by atoms with Gasteiger partial charge >= 0.3 is 0 Å². The Hall–Kier alpha value is -0.950. The first-order chi connectivity index (χ1) is 11.5. The number of hydrogen-bond acceptors (Lipinski definition) is 4. The number of amides is 1. The first-order valence-electron chi connectivity index (χ1n) is 8.58. The van der Waals surface area contributed by atoms with Crippen LogP contribution in [0.2, 0.25) is 0 Å². The van der Waals surface area contributed by atoms with E-state index >= 15 is 0 Å². The number of nitrogens with two attached hydrogens (primary N) is 1. The molecule has 1 saturated heterocycles. The standard InChI is InChI=1S/C18H26N4OS.2ClH/c1-13-3-4-17-20-16(10-22(17)9-13)11-24-12-18(23)21-7-5-15(6-8-21)14(2)19;;/h3-4,9-10,14-15H,5-8,11-12,19H2,1-2H3;2*1H. The van der Waals surface area contributed by atoms with Gasteiger partial charge in [0.05, 0.1) is 11.4 Å². The highest BCUT2D eigenvalue weighted by atomic mass is 35.5. The zero-order chi connectivity index (χ0) is 17.1. The lowest BCUT2D eigenvalue weighted by Crippen LogP contribution is -2.43. The van der Waals surface area contributed by atoms with Crippen molar-refractivity contribution < 1.29 is 4.79 Å². The molecule has 0 bridgehead atoms. The van der Waals surface area contributed by atoms with Gasteiger partial charge < -0.3 is 15.0 Å². The summed E-state index contributed by atoms with van der Waals surface area (Å²) in [6, 6.07) is 4.32. The molecule has 0 spiro atoms. The largest absolute Gasteiger partial charge is 0.342 e. The second-order valence-corrected chi connectivity index (χ2v) is 7.76. The van der Waals surface area contributed by atoms with E-state index in [0.717, 1.165) is 43.0 Å². The van der Waals surface area contributed by atoms with E-state index in [1.165, 1.54) is 5.56 Å². The fourth-order valence-corrected chi connectivity index (χ4v) is 4.04. The quantitative estimate of drug-likeness (QED) is 0.808. The summed E-state index contributed by atoms with van der Waals surface area (Å²) >= 11 is 1.64. The van der Waals surface area contributed by atoms with Gasteiger partial charge in [-0.2, -0.15) is 0 Å². The number of thioether (sulfide) groups is 1. The van der Waals surface area contributed by atoms with E-state index in [0.29, 0.717) is 11.7 Å². The molecule has 0 saturated carbocycles. The fraction of sp³-hybridized carbons (Fsp3) is 0.556. The number of nitrogens with zero attached hydrogens (tertiary/aromatic N) is 3. The average Bonchev–Trinajstić information content (AvgIpc) is 2.96. The Balaban J connectivity index is 0.00000169. The van der Waals surface area contributed by atoms with E-state index < -0.39 is 0 Å². The van der Waals surface area contributed by atoms with Crippen LogP contribution in [0.15, 0.2) is 24.5 Å². The van der Waals surface area contributed by atoms with Crippen LogP contribution in [0.25, 0.3) is 5.65 Å². The third-order valence-electron chi connectivity index (χ3n) is 4.76. The second kappa shape index (κ2) is 10.4. The van der Waals surface area contributed by atoms with Crippen molar-refractivity contribution in [3.63, 3.8) is 0 Å². The van der Waals surface area contributed by atoms with Gasteiger partial charge in [0.1, 0.15) is 5.65 Å². The van der Waals surface area contributed by atoms with Gasteiger partial charge in [0.15, 0.2) is 0 Å². The van der Waals surface area contributed by atoms with Crippen LogP contribution in [0.5, 0.6) is 0 Å². The van der Waals surface area contributed by atoms with Crippen molar-refractivity contribution in [2.24, 2.45) is 11.7 Å². The molecular weight excluding hydrogens is 391 g/mol. The predicted octanol–water partition coefficient (Wildman–Crippen LogP) is 3.31. The Morgan fingerprint density at radius 1 is 1.31 bits per heavy atom. The molecule has 8 heteroatoms. The number of carbonyl (C=O) groups is 1. The highest BCUT2D eigenvalue weighted by Gasteiger charge is 2.24. The summed E-state index contributed by atoms with van der Waals surface area (Å²) in [5.74, 6) is 2.09. The summed E-state index contributed by atoms with van der Waals surface area (Å²) in [6.45, 7) is 5.83. The van der Waals surface area contributed by atoms with Gasteiger partial charge in [0.25, 0.3) is 0 Å². The molecule has 5 nitrogen and oxygen atoms in total. The summed E-state index contributed by atoms with van der Waals surface area (Å²) < 4.78 is 2.05. The van der Waals surface area contributed by atoms with E-state index in [2.05, 4.69) is 31.1 Å². The highest BCUT2D eigenvalue weighted by molar-refractivity contribution is 7.99. The van der Waals surface area contributed by atoms with Crippen molar-refractivity contribution in [2.45, 2.75) is 38.5 Å². The smallest absolute Gasteiger partial charge is 0.232 e. The zero-order valence-corrected chi connectivity index (χ0v) is 17.7. The molecule has 0 aliphatic carbocycles. The molecule has 2 N–H and O–H groups in total. The molecule has 2 aromatic heterocycles. The number of pyridine rings is 1. The molecule has 26 heavy (non-hydrogen) atoms. The second-order valence-electron chi connectivity index (χ2n) is 6.77. The number of aryl methyl sites for hydroxylation is 1. The van der Waals surface area contributed by atoms with Crippen LogP contribution in [-0.4, -0.2) is 45.1 Å². The molecule has 1 amide bonds. The SMILES string of the molecule is Cc1ccc2nc(CSCC(=O)N3CCC(C(C)N)CC3)cn2c1.Cl.Cl. The monoisotopic (exact) mass is 418 g/mol. The summed E-state index contributed by atoms with van der Waals surface area (Å²) in [6.07, 6.45) is 6.18. The fourth-order valence-electron chi connectivity index (χ4n) is 3.23. The van der Waals surface area contributed by atoms with E-state index in [1.54, 1.807) is 11.8 Å². The van der Waals surface area contributed by atoms with E-state index in [-0.39, 0.29) is 36.8 Å². The number of hydrogen-bond donors (Lipinski definition) is 1. The third-order valence-corrected chi connectivity index (χ3v) is 5.71. The molecular formula is C18H28Cl2N4OS. The molecule has 1 aliphatic rings. The topological polar surface area (TPSA) is 63.6 Å². The molecule has 1 aliphatic heterocycles. The lowest BCUT2D eigenvalue weighted by atomic mass is 9.91. The average molecular weight is 419 g/mol. The van der Waals surface area contributed by atoms with E-state index in [1.807, 2.05) is 21.6 Å². The predicted molar refractivity (Wildman–Crippen MR) is 114 cm³/mol. The van der Waals surface area contributed by atoms with Crippen LogP contribution in [0.4, 0.5) is 0 Å². The molecule has 1 atom stereocenters. The van der Waals surface area contributed by atoms with Crippen molar-refractivity contribution in [3.05, 3.63) is 35.8 Å². The first-order valence-corrected chi connectivity index (χ1v) is 9.74. The molecule has 1 unspecified atom stereocenters. The minimum Gasteiger partial charge on any atom is -0.342 e. The lowest BCUT2D eigenvalue weighted by molar-refractivity contribution is -0.129. The summed E-state index contributed by atoms with van der Waals surface area (Å²) in [5, 5.41) is 0. The van der Waals surface area contributed by atoms with Gasteiger partial charge in [-0.1, -0.05) is 6.07 Å². The molecule has 0 aromatic carbocycles. The molecule has 0 radical (unpaired) electrons. The normalized spacial score (nSPS) is 16.0. The molecule has 2 aromatic rings. The molecule has 146 valence electrons. The van der Waals surface area contributed by atoms with Crippen molar-refractivity contribution in [3.8, 4) is 0 Å². The third kappa shape index (κ3) is 5.78. The van der Waals surface area contributed by atoms with Crippen molar-refractivity contribution in [2.75, 3.05) is 18.8 Å².